The highest BCUT2D eigenvalue weighted by Gasteiger charge is 2.12. The fraction of sp³-hybridized carbons (Fsp3) is 0.400. The van der Waals surface area contributed by atoms with Crippen molar-refractivity contribution < 1.29 is 14.1 Å². The van der Waals surface area contributed by atoms with E-state index in [9.17, 15) is 14.5 Å². The predicted molar refractivity (Wildman–Crippen MR) is 58.2 cm³/mol. The van der Waals surface area contributed by atoms with Gasteiger partial charge in [-0.1, -0.05) is 0 Å². The fourth-order valence-corrected chi connectivity index (χ4v) is 1.27. The molecule has 1 aromatic carbocycles. The number of anilines is 1. The van der Waals surface area contributed by atoms with E-state index < -0.39 is 10.7 Å². The van der Waals surface area contributed by atoms with Crippen molar-refractivity contribution in [3.63, 3.8) is 0 Å². The van der Waals surface area contributed by atoms with Crippen molar-refractivity contribution in [1.82, 2.24) is 0 Å². The molecule has 1 aromatic rings. The molecule has 0 unspecified atom stereocenters. The average molecular weight is 228 g/mol. The second kappa shape index (κ2) is 5.41. The average Bonchev–Trinajstić information content (AvgIpc) is 2.25. The lowest BCUT2D eigenvalue weighted by atomic mass is 10.2. The SMILES string of the molecule is COCCN(C)c1ccc([N+](=O)[O-])cc1F. The highest BCUT2D eigenvalue weighted by molar-refractivity contribution is 5.51. The molecule has 0 saturated heterocycles. The number of benzene rings is 1. The number of nitro groups is 1. The molecule has 16 heavy (non-hydrogen) atoms. The molecule has 0 spiro atoms. The van der Waals surface area contributed by atoms with Gasteiger partial charge in [0.15, 0.2) is 5.82 Å². The first kappa shape index (κ1) is 12.4. The van der Waals surface area contributed by atoms with Crippen molar-refractivity contribution >= 4 is 11.4 Å². The molecule has 0 aliphatic heterocycles. The quantitative estimate of drug-likeness (QED) is 0.569. The molecule has 6 heteroatoms. The zero-order chi connectivity index (χ0) is 12.1. The summed E-state index contributed by atoms with van der Waals surface area (Å²) in [6.07, 6.45) is 0. The first-order chi connectivity index (χ1) is 7.56. The van der Waals surface area contributed by atoms with Crippen LogP contribution in [-0.2, 0) is 4.74 Å². The first-order valence-electron chi connectivity index (χ1n) is 4.70. The lowest BCUT2D eigenvalue weighted by molar-refractivity contribution is -0.385. The zero-order valence-electron chi connectivity index (χ0n) is 9.14. The van der Waals surface area contributed by atoms with E-state index >= 15 is 0 Å². The van der Waals surface area contributed by atoms with Crippen molar-refractivity contribution in [2.75, 3.05) is 32.2 Å². The van der Waals surface area contributed by atoms with Gasteiger partial charge in [0.1, 0.15) is 0 Å². The second-order valence-electron chi connectivity index (χ2n) is 3.31. The number of ether oxygens (including phenoxy) is 1. The smallest absolute Gasteiger partial charge is 0.272 e. The Morgan fingerprint density at radius 3 is 2.75 bits per heavy atom. The summed E-state index contributed by atoms with van der Waals surface area (Å²) >= 11 is 0. The lowest BCUT2D eigenvalue weighted by Gasteiger charge is -2.18. The number of likely N-dealkylation sites (N-methyl/N-ethyl adjacent to an activating group) is 1. The molecule has 0 bridgehead atoms. The van der Waals surface area contributed by atoms with Crippen molar-refractivity contribution in [1.29, 1.82) is 0 Å². The molecular formula is C10H13FN2O3. The maximum absolute atomic E-state index is 13.5. The van der Waals surface area contributed by atoms with Crippen LogP contribution in [0.1, 0.15) is 0 Å². The van der Waals surface area contributed by atoms with Crippen molar-refractivity contribution in [2.24, 2.45) is 0 Å². The molecular weight excluding hydrogens is 215 g/mol. The number of hydrogen-bond donors (Lipinski definition) is 0. The maximum Gasteiger partial charge on any atom is 0.272 e. The van der Waals surface area contributed by atoms with Gasteiger partial charge in [-0.3, -0.25) is 10.1 Å². The van der Waals surface area contributed by atoms with Gasteiger partial charge in [-0.05, 0) is 6.07 Å². The third-order valence-corrected chi connectivity index (χ3v) is 2.18. The molecule has 0 amide bonds. The highest BCUT2D eigenvalue weighted by atomic mass is 19.1. The van der Waals surface area contributed by atoms with Crippen molar-refractivity contribution in [3.05, 3.63) is 34.1 Å². The van der Waals surface area contributed by atoms with Crippen LogP contribution in [-0.4, -0.2) is 32.2 Å². The van der Waals surface area contributed by atoms with E-state index in [1.807, 2.05) is 0 Å². The summed E-state index contributed by atoms with van der Waals surface area (Å²) in [5, 5.41) is 10.4. The fourth-order valence-electron chi connectivity index (χ4n) is 1.27. The number of rotatable bonds is 5. The van der Waals surface area contributed by atoms with Crippen LogP contribution < -0.4 is 4.90 Å². The van der Waals surface area contributed by atoms with Crippen LogP contribution in [0.3, 0.4) is 0 Å². The van der Waals surface area contributed by atoms with Gasteiger partial charge in [0.2, 0.25) is 0 Å². The molecule has 0 aliphatic rings. The van der Waals surface area contributed by atoms with E-state index in [0.717, 1.165) is 6.07 Å². The van der Waals surface area contributed by atoms with Crippen LogP contribution in [0.2, 0.25) is 0 Å². The minimum absolute atomic E-state index is 0.249. The summed E-state index contributed by atoms with van der Waals surface area (Å²) in [4.78, 5) is 11.4. The van der Waals surface area contributed by atoms with Crippen LogP contribution in [0, 0.1) is 15.9 Å². The minimum Gasteiger partial charge on any atom is -0.383 e. The van der Waals surface area contributed by atoms with E-state index in [1.54, 1.807) is 19.1 Å². The molecule has 0 aromatic heterocycles. The number of methoxy groups -OCH3 is 1. The Kier molecular flexibility index (Phi) is 4.19. The molecule has 5 nitrogen and oxygen atoms in total. The molecule has 0 N–H and O–H groups in total. The van der Waals surface area contributed by atoms with Crippen molar-refractivity contribution in [2.45, 2.75) is 0 Å². The van der Waals surface area contributed by atoms with E-state index in [1.165, 1.54) is 12.1 Å². The summed E-state index contributed by atoms with van der Waals surface area (Å²) in [5.74, 6) is -0.604. The van der Waals surface area contributed by atoms with Gasteiger partial charge in [0.05, 0.1) is 23.3 Å². The van der Waals surface area contributed by atoms with E-state index in [0.29, 0.717) is 18.8 Å². The number of hydrogen-bond acceptors (Lipinski definition) is 4. The van der Waals surface area contributed by atoms with E-state index in [4.69, 9.17) is 4.74 Å². The molecule has 0 heterocycles. The summed E-state index contributed by atoms with van der Waals surface area (Å²) in [6, 6.07) is 3.59. The Morgan fingerprint density at radius 1 is 1.56 bits per heavy atom. The number of non-ortho nitro benzene ring substituents is 1. The molecule has 0 aliphatic carbocycles. The van der Waals surface area contributed by atoms with Crippen LogP contribution >= 0.6 is 0 Å². The van der Waals surface area contributed by atoms with E-state index in [2.05, 4.69) is 0 Å². The Morgan fingerprint density at radius 2 is 2.25 bits per heavy atom. The third-order valence-electron chi connectivity index (χ3n) is 2.18. The number of nitrogens with zero attached hydrogens (tertiary/aromatic N) is 2. The van der Waals surface area contributed by atoms with Gasteiger partial charge in [-0.15, -0.1) is 0 Å². The predicted octanol–water partition coefficient (Wildman–Crippen LogP) is 1.82. The van der Waals surface area contributed by atoms with E-state index in [-0.39, 0.29) is 5.69 Å². The molecule has 0 atom stereocenters. The standard InChI is InChI=1S/C10H13FN2O3/c1-12(5-6-16-2)10-4-3-8(13(14)15)7-9(10)11/h3-4,7H,5-6H2,1-2H3. The van der Waals surface area contributed by atoms with Gasteiger partial charge in [0.25, 0.3) is 5.69 Å². The molecule has 88 valence electrons. The Hall–Kier alpha value is -1.69. The van der Waals surface area contributed by atoms with Gasteiger partial charge >= 0.3 is 0 Å². The summed E-state index contributed by atoms with van der Waals surface area (Å²) in [6.45, 7) is 0.984. The minimum atomic E-state index is -0.623. The first-order valence-corrected chi connectivity index (χ1v) is 4.70. The van der Waals surface area contributed by atoms with Crippen LogP contribution in [0.25, 0.3) is 0 Å². The second-order valence-corrected chi connectivity index (χ2v) is 3.31. The normalized spacial score (nSPS) is 10.2. The van der Waals surface area contributed by atoms with Crippen LogP contribution in [0.4, 0.5) is 15.8 Å². The molecule has 0 radical (unpaired) electrons. The lowest BCUT2D eigenvalue weighted by Crippen LogP contribution is -2.23. The van der Waals surface area contributed by atoms with Gasteiger partial charge < -0.3 is 9.64 Å². The summed E-state index contributed by atoms with van der Waals surface area (Å²) < 4.78 is 18.4. The highest BCUT2D eigenvalue weighted by Crippen LogP contribution is 2.22. The summed E-state index contributed by atoms with van der Waals surface area (Å²) in [7, 11) is 3.25. The summed E-state index contributed by atoms with van der Waals surface area (Å²) in [5.41, 5.74) is 0.0732. The Bertz CT molecular complexity index is 384. The Labute approximate surface area is 92.6 Å². The van der Waals surface area contributed by atoms with Gasteiger partial charge in [0, 0.05) is 26.8 Å². The maximum atomic E-state index is 13.5. The number of halogens is 1. The Balaban J connectivity index is 2.85. The largest absolute Gasteiger partial charge is 0.383 e. The van der Waals surface area contributed by atoms with Crippen LogP contribution in [0.15, 0.2) is 18.2 Å². The molecule has 1 rings (SSSR count). The monoisotopic (exact) mass is 228 g/mol. The van der Waals surface area contributed by atoms with Crippen LogP contribution in [0.5, 0.6) is 0 Å². The van der Waals surface area contributed by atoms with Gasteiger partial charge in [-0.2, -0.15) is 0 Å². The molecule has 0 fully saturated rings. The van der Waals surface area contributed by atoms with Crippen molar-refractivity contribution in [3.8, 4) is 0 Å². The number of nitro benzene ring substituents is 1. The molecule has 0 saturated carbocycles. The van der Waals surface area contributed by atoms with Gasteiger partial charge in [-0.25, -0.2) is 4.39 Å². The zero-order valence-corrected chi connectivity index (χ0v) is 9.14. The topological polar surface area (TPSA) is 55.6 Å². The third kappa shape index (κ3) is 2.90.